The zero-order valence-electron chi connectivity index (χ0n) is 8.13. The SMILES string of the molecule is Nc1c(C(=O)O)ncn1C(=O)N(N)CCCl. The zero-order chi connectivity index (χ0) is 12.3. The van der Waals surface area contributed by atoms with Crippen LogP contribution >= 0.6 is 11.6 Å². The van der Waals surface area contributed by atoms with Crippen molar-refractivity contribution in [2.45, 2.75) is 0 Å². The number of aromatic nitrogens is 2. The van der Waals surface area contributed by atoms with Gasteiger partial charge in [0, 0.05) is 5.88 Å². The lowest BCUT2D eigenvalue weighted by molar-refractivity contribution is 0.0692. The van der Waals surface area contributed by atoms with Gasteiger partial charge in [0.05, 0.1) is 6.54 Å². The van der Waals surface area contributed by atoms with Crippen molar-refractivity contribution in [1.82, 2.24) is 14.6 Å². The van der Waals surface area contributed by atoms with Crippen molar-refractivity contribution >= 4 is 29.4 Å². The second-order valence-corrected chi connectivity index (χ2v) is 3.20. The zero-order valence-corrected chi connectivity index (χ0v) is 8.89. The Morgan fingerprint density at radius 2 is 2.25 bits per heavy atom. The van der Waals surface area contributed by atoms with Crippen LogP contribution in [0, 0.1) is 0 Å². The molecule has 1 rings (SSSR count). The van der Waals surface area contributed by atoms with Crippen LogP contribution in [-0.2, 0) is 0 Å². The smallest absolute Gasteiger partial charge is 0.358 e. The molecular formula is C7H10ClN5O3. The van der Waals surface area contributed by atoms with E-state index in [2.05, 4.69) is 4.98 Å². The largest absolute Gasteiger partial charge is 0.476 e. The minimum Gasteiger partial charge on any atom is -0.476 e. The van der Waals surface area contributed by atoms with E-state index in [1.165, 1.54) is 0 Å². The number of nitrogen functional groups attached to an aromatic ring is 1. The summed E-state index contributed by atoms with van der Waals surface area (Å²) in [5.41, 5.74) is 5.03. The second-order valence-electron chi connectivity index (χ2n) is 2.82. The number of anilines is 1. The fourth-order valence-electron chi connectivity index (χ4n) is 1.00. The lowest BCUT2D eigenvalue weighted by Gasteiger charge is -2.15. The maximum atomic E-state index is 11.6. The maximum absolute atomic E-state index is 11.6. The van der Waals surface area contributed by atoms with Crippen LogP contribution in [0.2, 0.25) is 0 Å². The van der Waals surface area contributed by atoms with Crippen molar-refractivity contribution in [3.8, 4) is 0 Å². The Kier molecular flexibility index (Phi) is 3.69. The minimum absolute atomic E-state index is 0.112. The van der Waals surface area contributed by atoms with Gasteiger partial charge in [0.1, 0.15) is 12.1 Å². The highest BCUT2D eigenvalue weighted by atomic mass is 35.5. The fourth-order valence-corrected chi connectivity index (χ4v) is 1.18. The van der Waals surface area contributed by atoms with Gasteiger partial charge in [0.2, 0.25) is 0 Å². The maximum Gasteiger partial charge on any atom is 0.358 e. The van der Waals surface area contributed by atoms with Crippen molar-refractivity contribution in [1.29, 1.82) is 0 Å². The lowest BCUT2D eigenvalue weighted by Crippen LogP contribution is -2.41. The predicted octanol–water partition coefficient (Wildman–Crippen LogP) is -0.454. The van der Waals surface area contributed by atoms with Gasteiger partial charge in [-0.25, -0.2) is 25.0 Å². The molecule has 88 valence electrons. The van der Waals surface area contributed by atoms with E-state index in [4.69, 9.17) is 28.3 Å². The number of imidazole rings is 1. The molecule has 0 unspecified atom stereocenters. The van der Waals surface area contributed by atoms with Gasteiger partial charge in [-0.3, -0.25) is 5.01 Å². The Balaban J connectivity index is 2.97. The molecule has 0 saturated carbocycles. The predicted molar refractivity (Wildman–Crippen MR) is 56.0 cm³/mol. The van der Waals surface area contributed by atoms with Crippen molar-refractivity contribution in [3.63, 3.8) is 0 Å². The van der Waals surface area contributed by atoms with Crippen molar-refractivity contribution in [2.24, 2.45) is 5.84 Å². The number of carbonyl (C=O) groups excluding carboxylic acids is 1. The summed E-state index contributed by atoms with van der Waals surface area (Å²) in [7, 11) is 0. The van der Waals surface area contributed by atoms with Crippen molar-refractivity contribution in [3.05, 3.63) is 12.0 Å². The third-order valence-corrected chi connectivity index (χ3v) is 1.95. The van der Waals surface area contributed by atoms with Crippen LogP contribution in [0.4, 0.5) is 10.6 Å². The van der Waals surface area contributed by atoms with E-state index in [0.29, 0.717) is 0 Å². The second kappa shape index (κ2) is 4.81. The monoisotopic (exact) mass is 247 g/mol. The van der Waals surface area contributed by atoms with Crippen LogP contribution in [-0.4, -0.2) is 44.1 Å². The molecule has 0 saturated heterocycles. The number of rotatable bonds is 3. The number of carbonyl (C=O) groups is 2. The topological polar surface area (TPSA) is 127 Å². The number of hydrazine groups is 1. The Morgan fingerprint density at radius 3 is 2.69 bits per heavy atom. The number of hydrogen-bond acceptors (Lipinski definition) is 5. The van der Waals surface area contributed by atoms with Crippen molar-refractivity contribution < 1.29 is 14.7 Å². The number of alkyl halides is 1. The number of amides is 1. The molecule has 0 spiro atoms. The van der Waals surface area contributed by atoms with E-state index in [0.717, 1.165) is 15.9 Å². The number of hydrogen-bond donors (Lipinski definition) is 3. The first kappa shape index (κ1) is 12.3. The highest BCUT2D eigenvalue weighted by Gasteiger charge is 2.20. The number of aromatic carboxylic acids is 1. The Labute approximate surface area is 95.4 Å². The average molecular weight is 248 g/mol. The number of nitrogens with zero attached hydrogens (tertiary/aromatic N) is 3. The molecule has 16 heavy (non-hydrogen) atoms. The normalized spacial score (nSPS) is 10.1. The molecule has 1 amide bonds. The quantitative estimate of drug-likeness (QED) is 0.287. The molecule has 1 aromatic rings. The molecule has 5 N–H and O–H groups in total. The van der Waals surface area contributed by atoms with E-state index < -0.39 is 17.7 Å². The van der Waals surface area contributed by atoms with E-state index >= 15 is 0 Å². The Morgan fingerprint density at radius 1 is 1.62 bits per heavy atom. The highest BCUT2D eigenvalue weighted by molar-refractivity contribution is 6.18. The van der Waals surface area contributed by atoms with Crippen LogP contribution in [0.3, 0.4) is 0 Å². The van der Waals surface area contributed by atoms with Crippen LogP contribution in [0.15, 0.2) is 6.33 Å². The molecule has 9 heteroatoms. The van der Waals surface area contributed by atoms with E-state index in [-0.39, 0.29) is 18.2 Å². The standard InChI is InChI=1S/C7H10ClN5O3/c8-1-2-13(10)7(16)12-3-11-4(5(12)9)6(14)15/h3H,1-2,9-10H2,(H,14,15). The third-order valence-electron chi connectivity index (χ3n) is 1.78. The first-order chi connectivity index (χ1) is 7.49. The molecular weight excluding hydrogens is 238 g/mol. The average Bonchev–Trinajstić information content (AvgIpc) is 2.59. The summed E-state index contributed by atoms with van der Waals surface area (Å²) in [5, 5.41) is 9.49. The third kappa shape index (κ3) is 2.23. The van der Waals surface area contributed by atoms with Crippen molar-refractivity contribution in [2.75, 3.05) is 18.2 Å². The molecule has 0 aliphatic heterocycles. The molecule has 0 aliphatic carbocycles. The minimum atomic E-state index is -1.31. The Hall–Kier alpha value is -1.80. The van der Waals surface area contributed by atoms with Gasteiger partial charge in [0.25, 0.3) is 0 Å². The summed E-state index contributed by atoms with van der Waals surface area (Å²) in [5.74, 6) is 3.93. The molecule has 0 aromatic carbocycles. The number of carboxylic acid groups (broad SMARTS) is 1. The van der Waals surface area contributed by atoms with Crippen LogP contribution in [0.5, 0.6) is 0 Å². The molecule has 0 bridgehead atoms. The highest BCUT2D eigenvalue weighted by Crippen LogP contribution is 2.10. The van der Waals surface area contributed by atoms with Gasteiger partial charge in [-0.1, -0.05) is 0 Å². The Bertz CT molecular complexity index is 418. The first-order valence-electron chi connectivity index (χ1n) is 4.17. The van der Waals surface area contributed by atoms with Crippen LogP contribution in [0.1, 0.15) is 10.5 Å². The van der Waals surface area contributed by atoms with Crippen LogP contribution in [0.25, 0.3) is 0 Å². The summed E-state index contributed by atoms with van der Waals surface area (Å²) >= 11 is 5.40. The summed E-state index contributed by atoms with van der Waals surface area (Å²) < 4.78 is 0.843. The molecule has 0 radical (unpaired) electrons. The van der Waals surface area contributed by atoms with Gasteiger partial charge in [-0.15, -0.1) is 11.6 Å². The van der Waals surface area contributed by atoms with Crippen LogP contribution < -0.4 is 11.6 Å². The molecule has 1 aromatic heterocycles. The summed E-state index contributed by atoms with van der Waals surface area (Å²) in [6, 6.07) is -0.696. The lowest BCUT2D eigenvalue weighted by atomic mass is 10.4. The molecule has 8 nitrogen and oxygen atoms in total. The summed E-state index contributed by atoms with van der Waals surface area (Å²) in [4.78, 5) is 25.7. The number of nitrogens with two attached hydrogens (primary N) is 2. The number of carboxylic acids is 1. The molecule has 1 heterocycles. The molecule has 0 atom stereocenters. The molecule has 0 fully saturated rings. The van der Waals surface area contributed by atoms with E-state index in [1.807, 2.05) is 0 Å². The number of halogens is 1. The van der Waals surface area contributed by atoms with E-state index in [9.17, 15) is 9.59 Å². The van der Waals surface area contributed by atoms with Gasteiger partial charge >= 0.3 is 12.0 Å². The van der Waals surface area contributed by atoms with Gasteiger partial charge in [-0.05, 0) is 0 Å². The van der Waals surface area contributed by atoms with Gasteiger partial charge in [0.15, 0.2) is 5.69 Å². The fraction of sp³-hybridized carbons (Fsp3) is 0.286. The molecule has 0 aliphatic rings. The van der Waals surface area contributed by atoms with Gasteiger partial charge < -0.3 is 10.8 Å². The first-order valence-corrected chi connectivity index (χ1v) is 4.71. The van der Waals surface area contributed by atoms with E-state index in [1.54, 1.807) is 0 Å². The summed E-state index contributed by atoms with van der Waals surface area (Å²) in [6.07, 6.45) is 0.995. The summed E-state index contributed by atoms with van der Waals surface area (Å²) in [6.45, 7) is 0.112. The van der Waals surface area contributed by atoms with Gasteiger partial charge in [-0.2, -0.15) is 0 Å².